The van der Waals surface area contributed by atoms with Crippen molar-refractivity contribution in [3.63, 3.8) is 0 Å². The average molecular weight is 291 g/mol. The molecule has 5 nitrogen and oxygen atoms in total. The maximum Gasteiger partial charge on any atom is 0.321 e. The minimum Gasteiger partial charge on any atom is -0.389 e. The molecule has 0 spiro atoms. The molecule has 1 heterocycles. The van der Waals surface area contributed by atoms with E-state index in [0.717, 1.165) is 50.4 Å². The van der Waals surface area contributed by atoms with Crippen LogP contribution in [0.4, 0.5) is 10.5 Å². The van der Waals surface area contributed by atoms with Crippen molar-refractivity contribution < 1.29 is 9.90 Å². The third-order valence-electron chi connectivity index (χ3n) is 3.84. The fourth-order valence-electron chi connectivity index (χ4n) is 2.54. The van der Waals surface area contributed by atoms with Gasteiger partial charge >= 0.3 is 6.03 Å². The lowest BCUT2D eigenvalue weighted by molar-refractivity contribution is 0.147. The Labute approximate surface area is 126 Å². The first kappa shape index (κ1) is 15.8. The van der Waals surface area contributed by atoms with Gasteiger partial charge in [-0.2, -0.15) is 0 Å². The first-order chi connectivity index (χ1) is 10.1. The number of rotatable bonds is 4. The summed E-state index contributed by atoms with van der Waals surface area (Å²) in [5, 5.41) is 12.4. The summed E-state index contributed by atoms with van der Waals surface area (Å²) < 4.78 is 0. The van der Waals surface area contributed by atoms with Crippen molar-refractivity contribution in [3.8, 4) is 0 Å². The standard InChI is InChI=1S/C16H25N3O2/c1-3-8-18-9-11-19(12-10-18)16(21)17-15-6-4-14(5-7-15)13(2)20/h4-7,13,20H,3,8-12H2,1-2H3,(H,17,21). The molecule has 5 heteroatoms. The molecule has 2 N–H and O–H groups in total. The molecule has 1 aromatic rings. The normalized spacial score (nSPS) is 17.6. The number of nitrogens with one attached hydrogen (secondary N) is 1. The van der Waals surface area contributed by atoms with Gasteiger partial charge in [0, 0.05) is 31.9 Å². The quantitative estimate of drug-likeness (QED) is 0.895. The summed E-state index contributed by atoms with van der Waals surface area (Å²) in [6.07, 6.45) is 0.670. The van der Waals surface area contributed by atoms with Gasteiger partial charge in [-0.15, -0.1) is 0 Å². The molecule has 1 aliphatic heterocycles. The van der Waals surface area contributed by atoms with Crippen LogP contribution in [0.25, 0.3) is 0 Å². The van der Waals surface area contributed by atoms with Gasteiger partial charge in [-0.1, -0.05) is 19.1 Å². The number of carbonyl (C=O) groups is 1. The molecule has 1 saturated heterocycles. The van der Waals surface area contributed by atoms with Crippen LogP contribution in [0.2, 0.25) is 0 Å². The minimum atomic E-state index is -0.485. The molecule has 0 radical (unpaired) electrons. The third-order valence-corrected chi connectivity index (χ3v) is 3.84. The smallest absolute Gasteiger partial charge is 0.321 e. The Hall–Kier alpha value is -1.59. The van der Waals surface area contributed by atoms with Gasteiger partial charge in [-0.25, -0.2) is 4.79 Å². The molecule has 1 fully saturated rings. The molecule has 21 heavy (non-hydrogen) atoms. The average Bonchev–Trinajstić information content (AvgIpc) is 2.49. The Morgan fingerprint density at radius 2 is 1.86 bits per heavy atom. The zero-order valence-corrected chi connectivity index (χ0v) is 12.9. The Morgan fingerprint density at radius 3 is 2.38 bits per heavy atom. The van der Waals surface area contributed by atoms with Gasteiger partial charge in [-0.05, 0) is 37.6 Å². The predicted molar refractivity (Wildman–Crippen MR) is 84.4 cm³/mol. The molecule has 1 atom stereocenters. The molecule has 1 unspecified atom stereocenters. The zero-order valence-electron chi connectivity index (χ0n) is 12.9. The maximum absolute atomic E-state index is 12.2. The summed E-state index contributed by atoms with van der Waals surface area (Å²) in [6, 6.07) is 7.27. The second-order valence-electron chi connectivity index (χ2n) is 5.56. The number of amides is 2. The Bertz CT molecular complexity index is 451. The van der Waals surface area contributed by atoms with E-state index in [0.29, 0.717) is 0 Å². The van der Waals surface area contributed by atoms with E-state index in [1.807, 2.05) is 29.2 Å². The highest BCUT2D eigenvalue weighted by Crippen LogP contribution is 2.16. The lowest BCUT2D eigenvalue weighted by Crippen LogP contribution is -2.50. The number of aliphatic hydroxyl groups is 1. The van der Waals surface area contributed by atoms with Crippen molar-refractivity contribution >= 4 is 11.7 Å². The molecule has 2 rings (SSSR count). The van der Waals surface area contributed by atoms with E-state index in [9.17, 15) is 9.90 Å². The van der Waals surface area contributed by atoms with Crippen LogP contribution < -0.4 is 5.32 Å². The first-order valence-corrected chi connectivity index (χ1v) is 7.66. The van der Waals surface area contributed by atoms with Crippen molar-refractivity contribution in [2.24, 2.45) is 0 Å². The van der Waals surface area contributed by atoms with Crippen LogP contribution in [0.5, 0.6) is 0 Å². The second-order valence-corrected chi connectivity index (χ2v) is 5.56. The number of aliphatic hydroxyl groups excluding tert-OH is 1. The van der Waals surface area contributed by atoms with Gasteiger partial charge in [0.1, 0.15) is 0 Å². The summed E-state index contributed by atoms with van der Waals surface area (Å²) >= 11 is 0. The number of carbonyl (C=O) groups excluding carboxylic acids is 1. The molecule has 1 aromatic carbocycles. The Balaban J connectivity index is 1.84. The third kappa shape index (κ3) is 4.44. The molecule has 0 bridgehead atoms. The van der Waals surface area contributed by atoms with Crippen molar-refractivity contribution in [1.82, 2.24) is 9.80 Å². The van der Waals surface area contributed by atoms with Crippen LogP contribution >= 0.6 is 0 Å². The molecule has 0 aliphatic carbocycles. The van der Waals surface area contributed by atoms with Gasteiger partial charge in [0.15, 0.2) is 0 Å². The number of anilines is 1. The van der Waals surface area contributed by atoms with E-state index >= 15 is 0 Å². The van der Waals surface area contributed by atoms with Crippen LogP contribution in [0.1, 0.15) is 31.9 Å². The Morgan fingerprint density at radius 1 is 1.24 bits per heavy atom. The van der Waals surface area contributed by atoms with E-state index in [-0.39, 0.29) is 6.03 Å². The monoisotopic (exact) mass is 291 g/mol. The van der Waals surface area contributed by atoms with Gasteiger partial charge in [0.05, 0.1) is 6.10 Å². The maximum atomic E-state index is 12.2. The SMILES string of the molecule is CCCN1CCN(C(=O)Nc2ccc(C(C)O)cc2)CC1. The van der Waals surface area contributed by atoms with Crippen molar-refractivity contribution in [1.29, 1.82) is 0 Å². The fraction of sp³-hybridized carbons (Fsp3) is 0.562. The lowest BCUT2D eigenvalue weighted by Gasteiger charge is -2.34. The number of hydrogen-bond acceptors (Lipinski definition) is 3. The molecular weight excluding hydrogens is 266 g/mol. The van der Waals surface area contributed by atoms with E-state index in [4.69, 9.17) is 0 Å². The molecule has 2 amide bonds. The summed E-state index contributed by atoms with van der Waals surface area (Å²) in [5.41, 5.74) is 1.61. The topological polar surface area (TPSA) is 55.8 Å². The van der Waals surface area contributed by atoms with Gasteiger partial charge in [0.2, 0.25) is 0 Å². The minimum absolute atomic E-state index is 0.0454. The highest BCUT2D eigenvalue weighted by molar-refractivity contribution is 5.89. The van der Waals surface area contributed by atoms with Gasteiger partial charge in [0.25, 0.3) is 0 Å². The van der Waals surface area contributed by atoms with E-state index in [1.54, 1.807) is 6.92 Å². The van der Waals surface area contributed by atoms with E-state index in [1.165, 1.54) is 0 Å². The highest BCUT2D eigenvalue weighted by atomic mass is 16.3. The fourth-order valence-corrected chi connectivity index (χ4v) is 2.54. The summed E-state index contributed by atoms with van der Waals surface area (Å²) in [5.74, 6) is 0. The number of piperazine rings is 1. The number of nitrogens with zero attached hydrogens (tertiary/aromatic N) is 2. The molecule has 0 saturated carbocycles. The molecular formula is C16H25N3O2. The lowest BCUT2D eigenvalue weighted by atomic mass is 10.1. The Kier molecular flexibility index (Phi) is 5.59. The first-order valence-electron chi connectivity index (χ1n) is 7.66. The highest BCUT2D eigenvalue weighted by Gasteiger charge is 2.20. The van der Waals surface area contributed by atoms with Crippen LogP contribution in [0, 0.1) is 0 Å². The predicted octanol–water partition coefficient (Wildman–Crippen LogP) is 2.30. The molecule has 1 aliphatic rings. The van der Waals surface area contributed by atoms with Crippen LogP contribution in [0.3, 0.4) is 0 Å². The number of benzene rings is 1. The van der Waals surface area contributed by atoms with Crippen molar-refractivity contribution in [2.75, 3.05) is 38.0 Å². The van der Waals surface area contributed by atoms with E-state index < -0.39 is 6.10 Å². The second kappa shape index (κ2) is 7.43. The number of hydrogen-bond donors (Lipinski definition) is 2. The van der Waals surface area contributed by atoms with Crippen LogP contribution in [-0.2, 0) is 0 Å². The van der Waals surface area contributed by atoms with Gasteiger partial charge in [-0.3, -0.25) is 4.90 Å². The van der Waals surface area contributed by atoms with E-state index in [2.05, 4.69) is 17.1 Å². The molecule has 0 aromatic heterocycles. The largest absolute Gasteiger partial charge is 0.389 e. The number of urea groups is 1. The summed E-state index contributed by atoms with van der Waals surface area (Å²) in [4.78, 5) is 16.4. The summed E-state index contributed by atoms with van der Waals surface area (Å²) in [6.45, 7) is 8.45. The van der Waals surface area contributed by atoms with Gasteiger partial charge < -0.3 is 15.3 Å². The van der Waals surface area contributed by atoms with Crippen LogP contribution in [-0.4, -0.2) is 53.7 Å². The molecule has 116 valence electrons. The van der Waals surface area contributed by atoms with Crippen molar-refractivity contribution in [2.45, 2.75) is 26.4 Å². The zero-order chi connectivity index (χ0) is 15.2. The van der Waals surface area contributed by atoms with Crippen LogP contribution in [0.15, 0.2) is 24.3 Å². The van der Waals surface area contributed by atoms with Crippen molar-refractivity contribution in [3.05, 3.63) is 29.8 Å². The summed E-state index contributed by atoms with van der Waals surface area (Å²) in [7, 11) is 0.